The van der Waals surface area contributed by atoms with Crippen molar-refractivity contribution in [2.45, 2.75) is 18.9 Å². The van der Waals surface area contributed by atoms with Gasteiger partial charge in [0.1, 0.15) is 0 Å². The quantitative estimate of drug-likeness (QED) is 0.371. The number of nitrogens with one attached hydrogen (secondary N) is 1. The molecule has 104 valence electrons. The van der Waals surface area contributed by atoms with Gasteiger partial charge >= 0.3 is 0 Å². The first-order chi connectivity index (χ1) is 9.20. The maximum absolute atomic E-state index is 5.66. The number of guanidine groups is 1. The third kappa shape index (κ3) is 3.68. The van der Waals surface area contributed by atoms with Crippen molar-refractivity contribution in [3.8, 4) is 0 Å². The van der Waals surface area contributed by atoms with Crippen LogP contribution in [-0.4, -0.2) is 49.0 Å². The number of likely N-dealkylation sites (N-methyl/N-ethyl adjacent to an activating group) is 1. The van der Waals surface area contributed by atoms with E-state index in [2.05, 4.69) is 34.3 Å². The summed E-state index contributed by atoms with van der Waals surface area (Å²) < 4.78 is 0. The molecule has 1 unspecified atom stereocenters. The normalized spacial score (nSPS) is 20.1. The molecule has 1 aliphatic rings. The van der Waals surface area contributed by atoms with Crippen molar-refractivity contribution in [1.29, 1.82) is 0 Å². The summed E-state index contributed by atoms with van der Waals surface area (Å²) in [6.45, 7) is 2.03. The number of rotatable bonds is 3. The second-order valence-corrected chi connectivity index (χ2v) is 5.17. The second kappa shape index (κ2) is 6.54. The third-order valence-corrected chi connectivity index (χ3v) is 3.35. The summed E-state index contributed by atoms with van der Waals surface area (Å²) in [7, 11) is 4.20. The number of nitrogens with zero attached hydrogens (tertiary/aromatic N) is 3. The highest BCUT2D eigenvalue weighted by atomic mass is 15.4. The van der Waals surface area contributed by atoms with E-state index >= 15 is 0 Å². The average Bonchev–Trinajstić information content (AvgIpc) is 2.84. The van der Waals surface area contributed by atoms with Crippen molar-refractivity contribution in [2.24, 2.45) is 10.8 Å². The number of likely N-dealkylation sites (tertiary alicyclic amines) is 1. The number of hydrogen-bond acceptors (Lipinski definition) is 3. The molecule has 2 rings (SSSR count). The molecular formula is C14H23N5. The molecule has 0 saturated carbocycles. The molecule has 1 aromatic rings. The van der Waals surface area contributed by atoms with Gasteiger partial charge in [-0.2, -0.15) is 0 Å². The largest absolute Gasteiger partial charge is 0.337 e. The van der Waals surface area contributed by atoms with Gasteiger partial charge in [0.05, 0.1) is 5.69 Å². The number of para-hydroxylation sites is 1. The van der Waals surface area contributed by atoms with Gasteiger partial charge in [-0.1, -0.05) is 18.2 Å². The summed E-state index contributed by atoms with van der Waals surface area (Å²) in [5.74, 6) is 6.42. The number of aliphatic imine (C=N–C) groups is 1. The monoisotopic (exact) mass is 261 g/mol. The molecule has 5 nitrogen and oxygen atoms in total. The molecule has 0 aromatic heterocycles. The third-order valence-electron chi connectivity index (χ3n) is 3.35. The van der Waals surface area contributed by atoms with Crippen molar-refractivity contribution in [3.63, 3.8) is 0 Å². The molecule has 1 atom stereocenters. The van der Waals surface area contributed by atoms with E-state index in [4.69, 9.17) is 5.84 Å². The summed E-state index contributed by atoms with van der Waals surface area (Å²) in [6.07, 6.45) is 2.38. The number of benzene rings is 1. The Bertz CT molecular complexity index is 415. The summed E-state index contributed by atoms with van der Waals surface area (Å²) in [5.41, 5.74) is 3.68. The summed E-state index contributed by atoms with van der Waals surface area (Å²) >= 11 is 0. The smallest absolute Gasteiger partial charge is 0.213 e. The summed E-state index contributed by atoms with van der Waals surface area (Å²) in [6, 6.07) is 10.4. The van der Waals surface area contributed by atoms with Gasteiger partial charge < -0.3 is 9.80 Å². The van der Waals surface area contributed by atoms with Crippen LogP contribution in [0.3, 0.4) is 0 Å². The highest BCUT2D eigenvalue weighted by Gasteiger charge is 2.27. The summed E-state index contributed by atoms with van der Waals surface area (Å²) in [5, 5.41) is 0. The fourth-order valence-corrected chi connectivity index (χ4v) is 2.53. The fourth-order valence-electron chi connectivity index (χ4n) is 2.53. The Morgan fingerprint density at radius 3 is 2.79 bits per heavy atom. The minimum absolute atomic E-state index is 0.480. The van der Waals surface area contributed by atoms with Gasteiger partial charge in [0.25, 0.3) is 0 Å². The zero-order chi connectivity index (χ0) is 13.7. The Balaban J connectivity index is 2.14. The second-order valence-electron chi connectivity index (χ2n) is 5.17. The van der Waals surface area contributed by atoms with Crippen molar-refractivity contribution in [2.75, 3.05) is 27.2 Å². The SMILES string of the molecule is CN(C)CC1CCCN1C(=Nc1ccccc1)NN. The maximum atomic E-state index is 5.66. The molecule has 1 fully saturated rings. The van der Waals surface area contributed by atoms with Gasteiger partial charge in [0, 0.05) is 19.1 Å². The van der Waals surface area contributed by atoms with Gasteiger partial charge in [-0.05, 0) is 39.1 Å². The predicted octanol–water partition coefficient (Wildman–Crippen LogP) is 1.16. The molecule has 0 spiro atoms. The van der Waals surface area contributed by atoms with Crippen LogP contribution in [0.2, 0.25) is 0 Å². The van der Waals surface area contributed by atoms with Crippen LogP contribution in [0, 0.1) is 0 Å². The molecule has 5 heteroatoms. The van der Waals surface area contributed by atoms with Gasteiger partial charge in [-0.3, -0.25) is 5.43 Å². The molecule has 0 amide bonds. The van der Waals surface area contributed by atoms with Crippen LogP contribution < -0.4 is 11.3 Å². The Morgan fingerprint density at radius 2 is 2.16 bits per heavy atom. The zero-order valence-corrected chi connectivity index (χ0v) is 11.7. The first-order valence-electron chi connectivity index (χ1n) is 6.72. The first kappa shape index (κ1) is 13.8. The van der Waals surface area contributed by atoms with Gasteiger partial charge in [0.15, 0.2) is 0 Å². The minimum Gasteiger partial charge on any atom is -0.337 e. The van der Waals surface area contributed by atoms with Crippen molar-refractivity contribution in [3.05, 3.63) is 30.3 Å². The van der Waals surface area contributed by atoms with Crippen LogP contribution in [0.25, 0.3) is 0 Å². The molecule has 0 bridgehead atoms. The van der Waals surface area contributed by atoms with Crippen LogP contribution in [0.5, 0.6) is 0 Å². The van der Waals surface area contributed by atoms with E-state index in [1.165, 1.54) is 12.8 Å². The standard InChI is InChI=1S/C14H23N5/c1-18(2)11-13-9-6-10-19(13)14(17-15)16-12-7-4-3-5-8-12/h3-5,7-8,13H,6,9-11,15H2,1-2H3,(H,16,17). The van der Waals surface area contributed by atoms with Crippen LogP contribution >= 0.6 is 0 Å². The lowest BCUT2D eigenvalue weighted by atomic mass is 10.2. The Morgan fingerprint density at radius 1 is 1.42 bits per heavy atom. The van der Waals surface area contributed by atoms with E-state index in [1.54, 1.807) is 0 Å². The molecule has 19 heavy (non-hydrogen) atoms. The predicted molar refractivity (Wildman–Crippen MR) is 79.1 cm³/mol. The van der Waals surface area contributed by atoms with E-state index < -0.39 is 0 Å². The lowest BCUT2D eigenvalue weighted by Crippen LogP contribution is -2.49. The topological polar surface area (TPSA) is 56.9 Å². The highest BCUT2D eigenvalue weighted by molar-refractivity contribution is 5.82. The van der Waals surface area contributed by atoms with Crippen LogP contribution in [-0.2, 0) is 0 Å². The Labute approximate surface area is 115 Å². The van der Waals surface area contributed by atoms with E-state index in [1.807, 2.05) is 30.3 Å². The molecule has 1 heterocycles. The summed E-state index contributed by atoms with van der Waals surface area (Å²) in [4.78, 5) is 9.08. The molecule has 0 radical (unpaired) electrons. The van der Waals surface area contributed by atoms with Crippen molar-refractivity contribution in [1.82, 2.24) is 15.2 Å². The Hall–Kier alpha value is -1.59. The molecule has 1 aromatic carbocycles. The molecule has 1 aliphatic heterocycles. The molecule has 3 N–H and O–H groups in total. The van der Waals surface area contributed by atoms with E-state index in [9.17, 15) is 0 Å². The first-order valence-corrected chi connectivity index (χ1v) is 6.72. The fraction of sp³-hybridized carbons (Fsp3) is 0.500. The molecular weight excluding hydrogens is 238 g/mol. The molecule has 1 saturated heterocycles. The lowest BCUT2D eigenvalue weighted by Gasteiger charge is -2.29. The zero-order valence-electron chi connectivity index (χ0n) is 11.7. The number of hydrazine groups is 1. The molecule has 0 aliphatic carbocycles. The minimum atomic E-state index is 0.480. The van der Waals surface area contributed by atoms with E-state index in [0.29, 0.717) is 6.04 Å². The van der Waals surface area contributed by atoms with Gasteiger partial charge in [0.2, 0.25) is 5.96 Å². The van der Waals surface area contributed by atoms with Gasteiger partial charge in [-0.25, -0.2) is 10.8 Å². The van der Waals surface area contributed by atoms with Crippen LogP contribution in [0.1, 0.15) is 12.8 Å². The lowest BCUT2D eigenvalue weighted by molar-refractivity contribution is 0.281. The van der Waals surface area contributed by atoms with E-state index in [0.717, 1.165) is 24.7 Å². The highest BCUT2D eigenvalue weighted by Crippen LogP contribution is 2.19. The maximum Gasteiger partial charge on any atom is 0.213 e. The number of nitrogens with two attached hydrogens (primary N) is 1. The average molecular weight is 261 g/mol. The number of hydrogen-bond donors (Lipinski definition) is 2. The van der Waals surface area contributed by atoms with Crippen molar-refractivity contribution >= 4 is 11.6 Å². The Kier molecular flexibility index (Phi) is 4.76. The van der Waals surface area contributed by atoms with Gasteiger partial charge in [-0.15, -0.1) is 0 Å². The van der Waals surface area contributed by atoms with Crippen LogP contribution in [0.4, 0.5) is 5.69 Å². The van der Waals surface area contributed by atoms with Crippen molar-refractivity contribution < 1.29 is 0 Å². The van der Waals surface area contributed by atoms with E-state index in [-0.39, 0.29) is 0 Å². The van der Waals surface area contributed by atoms with Crippen LogP contribution in [0.15, 0.2) is 35.3 Å².